The normalized spacial score (nSPS) is 19.8. The molecule has 1 aliphatic carbocycles. The van der Waals surface area contributed by atoms with Gasteiger partial charge in [0, 0.05) is 19.4 Å². The van der Waals surface area contributed by atoms with Crippen LogP contribution in [0.15, 0.2) is 83.1 Å². The number of ketones is 1. The van der Waals surface area contributed by atoms with Crippen LogP contribution in [0.4, 0.5) is 5.69 Å². The fraction of sp³-hybridized carbons (Fsp3) is 0.267. The lowest BCUT2D eigenvalue weighted by atomic mass is 9.73. The highest BCUT2D eigenvalue weighted by Crippen LogP contribution is 2.37. The second-order valence-corrected chi connectivity index (χ2v) is 10.3. The van der Waals surface area contributed by atoms with Crippen molar-refractivity contribution >= 4 is 39.8 Å². The molecule has 0 spiro atoms. The average molecular weight is 481 g/mol. The zero-order chi connectivity index (χ0) is 25.4. The quantitative estimate of drug-likeness (QED) is 0.268. The number of fused-ring (bicyclic) bond motifs is 2. The maximum Gasteiger partial charge on any atom is 0.261 e. The van der Waals surface area contributed by atoms with Gasteiger partial charge in [0.15, 0.2) is 5.78 Å². The summed E-state index contributed by atoms with van der Waals surface area (Å²) >= 11 is 0. The van der Waals surface area contributed by atoms with Crippen molar-refractivity contribution in [2.24, 2.45) is 10.4 Å². The van der Waals surface area contributed by atoms with E-state index in [9.17, 15) is 19.5 Å². The highest BCUT2D eigenvalue weighted by molar-refractivity contribution is 6.25. The van der Waals surface area contributed by atoms with E-state index in [-0.39, 0.29) is 47.3 Å². The van der Waals surface area contributed by atoms with Gasteiger partial charge in [0.25, 0.3) is 11.8 Å². The van der Waals surface area contributed by atoms with Crippen LogP contribution in [0.2, 0.25) is 0 Å². The van der Waals surface area contributed by atoms with Gasteiger partial charge in [-0.05, 0) is 53.3 Å². The van der Waals surface area contributed by atoms with Crippen LogP contribution in [0, 0.1) is 5.41 Å². The third-order valence-electron chi connectivity index (χ3n) is 6.81. The number of benzene rings is 3. The predicted octanol–water partition coefficient (Wildman–Crippen LogP) is 6.19. The molecule has 36 heavy (non-hydrogen) atoms. The Labute approximate surface area is 210 Å². The molecular weight excluding hydrogens is 452 g/mol. The van der Waals surface area contributed by atoms with Gasteiger partial charge >= 0.3 is 0 Å². The van der Waals surface area contributed by atoms with Crippen LogP contribution < -0.4 is 0 Å². The molecule has 1 heterocycles. The van der Waals surface area contributed by atoms with Crippen molar-refractivity contribution in [1.82, 2.24) is 4.90 Å². The third-order valence-corrected chi connectivity index (χ3v) is 6.81. The van der Waals surface area contributed by atoms with Crippen molar-refractivity contribution in [3.8, 4) is 0 Å². The van der Waals surface area contributed by atoms with Gasteiger partial charge in [-0.1, -0.05) is 56.3 Å². The van der Waals surface area contributed by atoms with Crippen LogP contribution in [-0.4, -0.2) is 39.9 Å². The number of hydrogen-bond donors (Lipinski definition) is 1. The fourth-order valence-corrected chi connectivity index (χ4v) is 5.09. The van der Waals surface area contributed by atoms with Gasteiger partial charge in [-0.3, -0.25) is 24.3 Å². The molecule has 0 unspecified atom stereocenters. The topological polar surface area (TPSA) is 87.0 Å². The monoisotopic (exact) mass is 480 g/mol. The number of carbonyl (C=O) groups excluding carboxylic acids is 3. The Morgan fingerprint density at radius 2 is 1.53 bits per heavy atom. The van der Waals surface area contributed by atoms with Gasteiger partial charge in [-0.25, -0.2) is 0 Å². The van der Waals surface area contributed by atoms with E-state index in [4.69, 9.17) is 4.99 Å². The number of amides is 2. The van der Waals surface area contributed by atoms with E-state index in [2.05, 4.69) is 0 Å². The van der Waals surface area contributed by atoms with Gasteiger partial charge in [-0.2, -0.15) is 0 Å². The summed E-state index contributed by atoms with van der Waals surface area (Å²) in [6.45, 7) is 4.22. The summed E-state index contributed by atoms with van der Waals surface area (Å²) in [4.78, 5) is 44.4. The summed E-state index contributed by atoms with van der Waals surface area (Å²) in [6.07, 6.45) is 1.40. The van der Waals surface area contributed by atoms with Crippen molar-refractivity contribution in [3.63, 3.8) is 0 Å². The number of allylic oxidation sites excluding steroid dienone is 2. The molecule has 1 aliphatic heterocycles. The number of nitrogens with zero attached hydrogens (tertiary/aromatic N) is 2. The Morgan fingerprint density at radius 1 is 0.889 bits per heavy atom. The van der Waals surface area contributed by atoms with Crippen molar-refractivity contribution in [2.45, 2.75) is 39.5 Å². The van der Waals surface area contributed by atoms with E-state index in [1.807, 2.05) is 56.3 Å². The van der Waals surface area contributed by atoms with Gasteiger partial charge in [-0.15, -0.1) is 0 Å². The molecule has 6 heteroatoms. The summed E-state index contributed by atoms with van der Waals surface area (Å²) in [7, 11) is 0. The predicted molar refractivity (Wildman–Crippen MR) is 140 cm³/mol. The van der Waals surface area contributed by atoms with Crippen molar-refractivity contribution in [2.75, 3.05) is 6.54 Å². The Bertz CT molecular complexity index is 1430. The van der Waals surface area contributed by atoms with Gasteiger partial charge < -0.3 is 5.11 Å². The number of aliphatic imine (C=N–C) groups is 1. The third kappa shape index (κ3) is 4.47. The zero-order valence-corrected chi connectivity index (χ0v) is 20.5. The Kier molecular flexibility index (Phi) is 6.04. The first-order chi connectivity index (χ1) is 17.2. The standard InChI is InChI=1S/C30H28N2O4/c1-30(2)17-24(31-21-14-13-19-8-3-4-9-20(19)16-21)27(26(34)18-30)25(33)12-7-15-32-28(35)22-10-5-6-11-23(22)29(32)36/h3-6,8-11,13-14,16,33H,7,12,15,17-18H2,1-2H3. The summed E-state index contributed by atoms with van der Waals surface area (Å²) < 4.78 is 0. The van der Waals surface area contributed by atoms with E-state index in [0.29, 0.717) is 36.1 Å². The van der Waals surface area contributed by atoms with Gasteiger partial charge in [0.1, 0.15) is 5.76 Å². The van der Waals surface area contributed by atoms with E-state index < -0.39 is 0 Å². The fourth-order valence-electron chi connectivity index (χ4n) is 5.09. The first-order valence-electron chi connectivity index (χ1n) is 12.2. The van der Waals surface area contributed by atoms with E-state index in [1.54, 1.807) is 24.3 Å². The first-order valence-corrected chi connectivity index (χ1v) is 12.2. The molecule has 0 radical (unpaired) electrons. The van der Waals surface area contributed by atoms with Crippen LogP contribution in [-0.2, 0) is 4.79 Å². The minimum absolute atomic E-state index is 0.0355. The molecule has 0 bridgehead atoms. The maximum absolute atomic E-state index is 13.1. The van der Waals surface area contributed by atoms with E-state index in [1.165, 1.54) is 4.90 Å². The highest BCUT2D eigenvalue weighted by atomic mass is 16.3. The smallest absolute Gasteiger partial charge is 0.261 e. The SMILES string of the molecule is CC1(C)CC(=O)C(=C(O)CCCN2C(=O)c3ccccc3C2=O)C(=Nc2ccc3ccccc3c2)C1. The lowest BCUT2D eigenvalue weighted by Crippen LogP contribution is -2.33. The average Bonchev–Trinajstić information content (AvgIpc) is 3.08. The molecule has 2 amide bonds. The van der Waals surface area contributed by atoms with Crippen LogP contribution >= 0.6 is 0 Å². The Morgan fingerprint density at radius 3 is 2.22 bits per heavy atom. The second-order valence-electron chi connectivity index (χ2n) is 10.3. The number of carbonyl (C=O) groups is 3. The lowest BCUT2D eigenvalue weighted by Gasteiger charge is -2.31. The molecule has 1 N–H and O–H groups in total. The molecule has 1 fully saturated rings. The summed E-state index contributed by atoms with van der Waals surface area (Å²) in [5.41, 5.74) is 2.11. The second kappa shape index (κ2) is 9.19. The van der Waals surface area contributed by atoms with Crippen molar-refractivity contribution < 1.29 is 19.5 Å². The molecule has 3 aromatic rings. The van der Waals surface area contributed by atoms with Crippen LogP contribution in [0.1, 0.15) is 60.2 Å². The molecule has 2 aliphatic rings. The maximum atomic E-state index is 13.1. The van der Waals surface area contributed by atoms with Crippen LogP contribution in [0.3, 0.4) is 0 Å². The molecule has 0 saturated heterocycles. The molecule has 5 rings (SSSR count). The number of hydrogen-bond acceptors (Lipinski definition) is 5. The number of rotatable bonds is 5. The zero-order valence-electron chi connectivity index (χ0n) is 20.5. The molecule has 1 saturated carbocycles. The molecular formula is C30H28N2O4. The van der Waals surface area contributed by atoms with E-state index in [0.717, 1.165) is 16.5 Å². The Balaban J connectivity index is 1.38. The minimum atomic E-state index is -0.322. The summed E-state index contributed by atoms with van der Waals surface area (Å²) in [6, 6.07) is 20.6. The van der Waals surface area contributed by atoms with Crippen molar-refractivity contribution in [1.29, 1.82) is 0 Å². The van der Waals surface area contributed by atoms with Gasteiger partial charge in [0.05, 0.1) is 28.1 Å². The number of aliphatic hydroxyl groups excluding tert-OH is 1. The summed E-state index contributed by atoms with van der Waals surface area (Å²) in [5, 5.41) is 13.2. The number of aliphatic hydroxyl groups is 1. The van der Waals surface area contributed by atoms with E-state index >= 15 is 0 Å². The summed E-state index contributed by atoms with van der Waals surface area (Å²) in [5.74, 6) is -0.816. The van der Waals surface area contributed by atoms with Crippen LogP contribution in [0.25, 0.3) is 10.8 Å². The molecule has 0 aromatic heterocycles. The number of imide groups is 1. The Hall–Kier alpha value is -4.06. The number of Topliss-reactive ketones (excluding diaryl/α,β-unsaturated/α-hetero) is 1. The first kappa shape index (κ1) is 23.7. The van der Waals surface area contributed by atoms with Crippen molar-refractivity contribution in [3.05, 3.63) is 89.2 Å². The lowest BCUT2D eigenvalue weighted by molar-refractivity contribution is -0.117. The van der Waals surface area contributed by atoms with Crippen LogP contribution in [0.5, 0.6) is 0 Å². The molecule has 3 aromatic carbocycles. The van der Waals surface area contributed by atoms with Gasteiger partial charge in [0.2, 0.25) is 0 Å². The molecule has 6 nitrogen and oxygen atoms in total. The molecule has 0 atom stereocenters. The molecule has 182 valence electrons. The largest absolute Gasteiger partial charge is 0.511 e. The highest BCUT2D eigenvalue weighted by Gasteiger charge is 2.37. The minimum Gasteiger partial charge on any atom is -0.511 e.